The molecule has 0 saturated carbocycles. The van der Waals surface area contributed by atoms with Crippen LogP contribution in [-0.4, -0.2) is 58.8 Å². The van der Waals surface area contributed by atoms with Gasteiger partial charge in [-0.05, 0) is 44.2 Å². The summed E-state index contributed by atoms with van der Waals surface area (Å²) in [5.74, 6) is 0. The number of hydrogen-bond donors (Lipinski definition) is 2. The van der Waals surface area contributed by atoms with E-state index in [1.165, 1.54) is 0 Å². The highest BCUT2D eigenvalue weighted by molar-refractivity contribution is 7.80. The summed E-state index contributed by atoms with van der Waals surface area (Å²) >= 11 is 10.9. The van der Waals surface area contributed by atoms with Crippen molar-refractivity contribution in [3.05, 3.63) is 0 Å². The molecule has 1 fully saturated rings. The fourth-order valence-corrected chi connectivity index (χ4v) is 2.76. The van der Waals surface area contributed by atoms with E-state index in [9.17, 15) is 0 Å². The van der Waals surface area contributed by atoms with E-state index in [0.717, 1.165) is 55.8 Å². The first-order valence-electron chi connectivity index (χ1n) is 7.17. The van der Waals surface area contributed by atoms with Gasteiger partial charge >= 0.3 is 0 Å². The Morgan fingerprint density at radius 1 is 1.05 bits per heavy atom. The molecule has 0 aromatic rings. The van der Waals surface area contributed by atoms with Gasteiger partial charge in [-0.25, -0.2) is 0 Å². The van der Waals surface area contributed by atoms with Gasteiger partial charge in [0.15, 0.2) is 10.2 Å². The van der Waals surface area contributed by atoms with Gasteiger partial charge in [-0.2, -0.15) is 0 Å². The second-order valence-corrected chi connectivity index (χ2v) is 5.73. The van der Waals surface area contributed by atoms with Crippen LogP contribution in [0.5, 0.6) is 0 Å². The first-order valence-corrected chi connectivity index (χ1v) is 7.99. The Balaban J connectivity index is 2.42. The molecule has 0 spiro atoms. The van der Waals surface area contributed by atoms with Gasteiger partial charge in [0.2, 0.25) is 0 Å². The van der Waals surface area contributed by atoms with Crippen LogP contribution in [0.4, 0.5) is 0 Å². The summed E-state index contributed by atoms with van der Waals surface area (Å²) < 4.78 is 0. The zero-order chi connectivity index (χ0) is 14.3. The molecule has 1 aliphatic rings. The third-order valence-electron chi connectivity index (χ3n) is 3.23. The highest BCUT2D eigenvalue weighted by Crippen LogP contribution is 2.10. The predicted octanol–water partition coefficient (Wildman–Crippen LogP) is 1.56. The van der Waals surface area contributed by atoms with Gasteiger partial charge in [0.1, 0.15) is 0 Å². The molecule has 1 saturated heterocycles. The maximum atomic E-state index is 5.44. The molecule has 0 aromatic carbocycles. The molecule has 0 aromatic heterocycles. The molecule has 1 unspecified atom stereocenters. The Morgan fingerprint density at radius 3 is 2.16 bits per heavy atom. The molecule has 19 heavy (non-hydrogen) atoms. The Morgan fingerprint density at radius 2 is 1.63 bits per heavy atom. The largest absolute Gasteiger partial charge is 0.363 e. The van der Waals surface area contributed by atoms with Crippen molar-refractivity contribution in [1.29, 1.82) is 0 Å². The van der Waals surface area contributed by atoms with Crippen LogP contribution in [0, 0.1) is 0 Å². The first kappa shape index (κ1) is 16.4. The van der Waals surface area contributed by atoms with Crippen LogP contribution in [0.3, 0.4) is 0 Å². The predicted molar refractivity (Wildman–Crippen MR) is 89.5 cm³/mol. The van der Waals surface area contributed by atoms with Gasteiger partial charge in [0.05, 0.1) is 0 Å². The van der Waals surface area contributed by atoms with Gasteiger partial charge in [-0.15, -0.1) is 0 Å². The number of thiocarbonyl (C=S) groups is 2. The summed E-state index contributed by atoms with van der Waals surface area (Å²) in [6, 6.07) is 0.395. The van der Waals surface area contributed by atoms with Crippen LogP contribution in [-0.2, 0) is 0 Å². The molecule has 0 aliphatic carbocycles. The van der Waals surface area contributed by atoms with Crippen molar-refractivity contribution in [2.45, 2.75) is 39.7 Å². The number of nitrogens with one attached hydrogen (secondary N) is 2. The van der Waals surface area contributed by atoms with Crippen molar-refractivity contribution in [2.24, 2.45) is 0 Å². The van der Waals surface area contributed by atoms with Crippen LogP contribution in [0.15, 0.2) is 0 Å². The molecular weight excluding hydrogens is 276 g/mol. The smallest absolute Gasteiger partial charge is 0.169 e. The van der Waals surface area contributed by atoms with Crippen LogP contribution < -0.4 is 10.6 Å². The Kier molecular flexibility index (Phi) is 7.38. The second kappa shape index (κ2) is 8.53. The van der Waals surface area contributed by atoms with Gasteiger partial charge < -0.3 is 20.4 Å². The number of hydrogen-bond acceptors (Lipinski definition) is 2. The Hall–Kier alpha value is -0.620. The minimum atomic E-state index is 0.395. The highest BCUT2D eigenvalue weighted by atomic mass is 32.1. The summed E-state index contributed by atoms with van der Waals surface area (Å²) in [5.41, 5.74) is 0. The Bertz CT molecular complexity index is 309. The lowest BCUT2D eigenvalue weighted by molar-refractivity contribution is 0.193. The normalized spacial score (nSPS) is 19.2. The molecular formula is C13H26N4S2. The summed E-state index contributed by atoms with van der Waals surface area (Å²) in [5, 5.41) is 8.34. The molecule has 0 bridgehead atoms. The molecule has 0 radical (unpaired) electrons. The number of nitrogens with zero attached hydrogens (tertiary/aromatic N) is 2. The Labute approximate surface area is 127 Å². The maximum absolute atomic E-state index is 5.44. The molecule has 2 N–H and O–H groups in total. The van der Waals surface area contributed by atoms with Crippen LogP contribution in [0.25, 0.3) is 0 Å². The van der Waals surface area contributed by atoms with Crippen LogP contribution in [0.1, 0.15) is 33.6 Å². The fraction of sp³-hybridized carbons (Fsp3) is 0.846. The average molecular weight is 303 g/mol. The van der Waals surface area contributed by atoms with Crippen molar-refractivity contribution in [3.63, 3.8) is 0 Å². The standard InChI is InChI=1S/C13H26N4S2/c1-4-6-14-12(18)16-8-9-17(11(3)10-16)13(19)15-7-5-2/h11H,4-10H2,1-3H3,(H,14,18)(H,15,19). The van der Waals surface area contributed by atoms with E-state index in [0.29, 0.717) is 6.04 Å². The van der Waals surface area contributed by atoms with Crippen molar-refractivity contribution in [2.75, 3.05) is 32.7 Å². The lowest BCUT2D eigenvalue weighted by Gasteiger charge is -2.42. The van der Waals surface area contributed by atoms with Crippen molar-refractivity contribution in [3.8, 4) is 0 Å². The zero-order valence-electron chi connectivity index (χ0n) is 12.2. The van der Waals surface area contributed by atoms with Gasteiger partial charge in [-0.1, -0.05) is 13.8 Å². The third-order valence-corrected chi connectivity index (χ3v) is 4.01. The van der Waals surface area contributed by atoms with Crippen molar-refractivity contribution in [1.82, 2.24) is 20.4 Å². The van der Waals surface area contributed by atoms with Crippen LogP contribution >= 0.6 is 24.4 Å². The minimum absolute atomic E-state index is 0.395. The average Bonchev–Trinajstić information content (AvgIpc) is 2.41. The van der Waals surface area contributed by atoms with E-state index >= 15 is 0 Å². The molecule has 1 rings (SSSR count). The minimum Gasteiger partial charge on any atom is -0.363 e. The summed E-state index contributed by atoms with van der Waals surface area (Å²) in [6.45, 7) is 11.2. The van der Waals surface area contributed by atoms with Gasteiger partial charge in [0.25, 0.3) is 0 Å². The van der Waals surface area contributed by atoms with Crippen LogP contribution in [0.2, 0.25) is 0 Å². The first-order chi connectivity index (χ1) is 9.10. The summed E-state index contributed by atoms with van der Waals surface area (Å²) in [7, 11) is 0. The van der Waals surface area contributed by atoms with E-state index in [1.807, 2.05) is 0 Å². The molecule has 0 amide bonds. The molecule has 4 nitrogen and oxygen atoms in total. The monoisotopic (exact) mass is 302 g/mol. The van der Waals surface area contributed by atoms with Gasteiger partial charge in [-0.3, -0.25) is 0 Å². The van der Waals surface area contributed by atoms with E-state index in [4.69, 9.17) is 24.4 Å². The van der Waals surface area contributed by atoms with Crippen molar-refractivity contribution < 1.29 is 0 Å². The zero-order valence-corrected chi connectivity index (χ0v) is 13.9. The quantitative estimate of drug-likeness (QED) is 0.767. The summed E-state index contributed by atoms with van der Waals surface area (Å²) in [4.78, 5) is 4.51. The third kappa shape index (κ3) is 5.10. The van der Waals surface area contributed by atoms with Gasteiger partial charge in [0, 0.05) is 38.8 Å². The topological polar surface area (TPSA) is 30.5 Å². The molecule has 110 valence electrons. The number of rotatable bonds is 4. The fourth-order valence-electron chi connectivity index (χ4n) is 2.12. The molecule has 1 aliphatic heterocycles. The number of piperazine rings is 1. The maximum Gasteiger partial charge on any atom is 0.169 e. The van der Waals surface area contributed by atoms with E-state index < -0.39 is 0 Å². The lowest BCUT2D eigenvalue weighted by Crippen LogP contribution is -2.59. The van der Waals surface area contributed by atoms with Crippen molar-refractivity contribution >= 4 is 34.7 Å². The lowest BCUT2D eigenvalue weighted by atomic mass is 10.2. The highest BCUT2D eigenvalue weighted by Gasteiger charge is 2.26. The summed E-state index contributed by atoms with van der Waals surface area (Å²) in [6.07, 6.45) is 2.19. The van der Waals surface area contributed by atoms with E-state index in [-0.39, 0.29) is 0 Å². The SMILES string of the molecule is CCCNC(=S)N1CCN(C(=S)NCCC)C(C)C1. The molecule has 1 heterocycles. The van der Waals surface area contributed by atoms with E-state index in [1.54, 1.807) is 0 Å². The molecule has 6 heteroatoms. The van der Waals surface area contributed by atoms with E-state index in [2.05, 4.69) is 41.2 Å². The second-order valence-electron chi connectivity index (χ2n) is 4.95. The molecule has 1 atom stereocenters.